The van der Waals surface area contributed by atoms with E-state index < -0.39 is 11.7 Å². The largest absolute Gasteiger partial charge is 0.497 e. The number of ether oxygens (including phenoxy) is 2. The Labute approximate surface area is 182 Å². The predicted octanol–water partition coefficient (Wildman–Crippen LogP) is 3.56. The normalized spacial score (nSPS) is 14.1. The molecule has 8 nitrogen and oxygen atoms in total. The van der Waals surface area contributed by atoms with E-state index in [9.17, 15) is 9.59 Å². The van der Waals surface area contributed by atoms with E-state index in [-0.39, 0.29) is 12.3 Å². The molecule has 0 aliphatic heterocycles. The van der Waals surface area contributed by atoms with Crippen molar-refractivity contribution in [3.63, 3.8) is 0 Å². The van der Waals surface area contributed by atoms with Crippen LogP contribution in [0.5, 0.6) is 5.75 Å². The van der Waals surface area contributed by atoms with Crippen molar-refractivity contribution in [1.29, 1.82) is 0 Å². The number of alkyl carbamates (subject to hydrolysis) is 1. The van der Waals surface area contributed by atoms with Gasteiger partial charge in [-0.2, -0.15) is 0 Å². The van der Waals surface area contributed by atoms with Gasteiger partial charge in [-0.25, -0.2) is 10.2 Å². The molecule has 2 aromatic rings. The number of rotatable bonds is 6. The van der Waals surface area contributed by atoms with E-state index in [4.69, 9.17) is 13.9 Å². The summed E-state index contributed by atoms with van der Waals surface area (Å²) in [7, 11) is 1.61. The lowest BCUT2D eigenvalue weighted by Crippen LogP contribution is -2.33. The molecule has 0 saturated heterocycles. The molecule has 1 aliphatic carbocycles. The highest BCUT2D eigenvalue weighted by Gasteiger charge is 2.18. The zero-order valence-electron chi connectivity index (χ0n) is 18.7. The van der Waals surface area contributed by atoms with Crippen LogP contribution in [0.4, 0.5) is 4.79 Å². The average Bonchev–Trinajstić information content (AvgIpc) is 2.73. The minimum atomic E-state index is -0.549. The SMILES string of the molecule is COc1ccc2c3c(/c(=N\NC(=O)CCCNC(=O)OC(C)(C)C)oc2c1)CCCC3. The number of nitrogens with zero attached hydrogens (tertiary/aromatic N) is 1. The fourth-order valence-electron chi connectivity index (χ4n) is 3.58. The van der Waals surface area contributed by atoms with Crippen LogP contribution in [-0.4, -0.2) is 31.3 Å². The van der Waals surface area contributed by atoms with Crippen molar-refractivity contribution in [3.8, 4) is 5.75 Å². The van der Waals surface area contributed by atoms with Crippen molar-refractivity contribution in [2.24, 2.45) is 5.10 Å². The maximum Gasteiger partial charge on any atom is 0.407 e. The van der Waals surface area contributed by atoms with Crippen LogP contribution in [0.1, 0.15) is 57.6 Å². The lowest BCUT2D eigenvalue weighted by atomic mass is 9.90. The second kappa shape index (κ2) is 9.85. The minimum Gasteiger partial charge on any atom is -0.497 e. The van der Waals surface area contributed by atoms with Gasteiger partial charge in [0.15, 0.2) is 0 Å². The Bertz CT molecular complexity index is 1020. The molecule has 2 N–H and O–H groups in total. The van der Waals surface area contributed by atoms with Gasteiger partial charge in [0.25, 0.3) is 0 Å². The number of fused-ring (bicyclic) bond motifs is 3. The van der Waals surface area contributed by atoms with E-state index in [1.807, 2.05) is 18.2 Å². The second-order valence-electron chi connectivity index (χ2n) is 8.61. The summed E-state index contributed by atoms with van der Waals surface area (Å²) in [6, 6.07) is 5.78. The molecule has 3 rings (SSSR count). The van der Waals surface area contributed by atoms with Gasteiger partial charge in [0.2, 0.25) is 11.5 Å². The van der Waals surface area contributed by atoms with Gasteiger partial charge in [0.05, 0.1) is 7.11 Å². The van der Waals surface area contributed by atoms with Crippen LogP contribution in [0, 0.1) is 0 Å². The standard InChI is InChI=1S/C23H31N3O5/c1-23(2,3)31-22(28)24-13-7-10-20(27)25-26-21-18-9-6-5-8-16(18)17-12-11-15(29-4)14-19(17)30-21/h11-12,14H,5-10,13H2,1-4H3,(H,24,28)(H,25,27)/b26-21+. The first-order chi connectivity index (χ1) is 14.8. The van der Waals surface area contributed by atoms with Gasteiger partial charge in [-0.15, -0.1) is 5.10 Å². The lowest BCUT2D eigenvalue weighted by molar-refractivity contribution is -0.121. The Balaban J connectivity index is 1.65. The molecule has 2 amide bonds. The Hall–Kier alpha value is -3.03. The van der Waals surface area contributed by atoms with E-state index in [1.54, 1.807) is 27.9 Å². The molecule has 1 heterocycles. The van der Waals surface area contributed by atoms with Crippen LogP contribution >= 0.6 is 0 Å². The van der Waals surface area contributed by atoms with E-state index in [0.717, 1.165) is 36.6 Å². The molecule has 0 atom stereocenters. The summed E-state index contributed by atoms with van der Waals surface area (Å²) in [6.07, 6.45) is 4.23. The van der Waals surface area contributed by atoms with Gasteiger partial charge in [-0.1, -0.05) is 0 Å². The second-order valence-corrected chi connectivity index (χ2v) is 8.61. The fourth-order valence-corrected chi connectivity index (χ4v) is 3.58. The van der Waals surface area contributed by atoms with Crippen molar-refractivity contribution in [1.82, 2.24) is 10.7 Å². The van der Waals surface area contributed by atoms with Gasteiger partial charge in [-0.05, 0) is 70.6 Å². The number of benzene rings is 1. The molecule has 0 saturated carbocycles. The van der Waals surface area contributed by atoms with Gasteiger partial charge in [-0.3, -0.25) is 4.79 Å². The summed E-state index contributed by atoms with van der Waals surface area (Å²) in [5, 5.41) is 7.97. The van der Waals surface area contributed by atoms with Crippen LogP contribution in [-0.2, 0) is 22.4 Å². The van der Waals surface area contributed by atoms with Crippen molar-refractivity contribution in [3.05, 3.63) is 34.9 Å². The summed E-state index contributed by atoms with van der Waals surface area (Å²) >= 11 is 0. The first kappa shape index (κ1) is 22.7. The van der Waals surface area contributed by atoms with Crippen molar-refractivity contribution < 1.29 is 23.5 Å². The zero-order valence-corrected chi connectivity index (χ0v) is 18.7. The average molecular weight is 430 g/mol. The molecular formula is C23H31N3O5. The smallest absolute Gasteiger partial charge is 0.407 e. The number of carbonyl (C=O) groups is 2. The number of aryl methyl sites for hydroxylation is 1. The molecule has 0 spiro atoms. The first-order valence-electron chi connectivity index (χ1n) is 10.7. The summed E-state index contributed by atoms with van der Waals surface area (Å²) < 4.78 is 16.5. The number of amides is 2. The molecule has 8 heteroatoms. The molecule has 1 aliphatic rings. The number of nitrogens with one attached hydrogen (secondary N) is 2. The van der Waals surface area contributed by atoms with Crippen molar-refractivity contribution >= 4 is 23.0 Å². The quantitative estimate of drug-likeness (QED) is 0.540. The molecule has 168 valence electrons. The summed E-state index contributed by atoms with van der Waals surface area (Å²) in [4.78, 5) is 23.8. The first-order valence-corrected chi connectivity index (χ1v) is 10.7. The molecule has 0 fully saturated rings. The zero-order chi connectivity index (χ0) is 22.4. The van der Waals surface area contributed by atoms with E-state index >= 15 is 0 Å². The monoisotopic (exact) mass is 429 g/mol. The molecule has 0 radical (unpaired) electrons. The van der Waals surface area contributed by atoms with E-state index in [0.29, 0.717) is 29.9 Å². The Kier molecular flexibility index (Phi) is 7.20. The Morgan fingerprint density at radius 3 is 2.61 bits per heavy atom. The minimum absolute atomic E-state index is 0.225. The molecule has 0 bridgehead atoms. The fraction of sp³-hybridized carbons (Fsp3) is 0.522. The number of hydrogen-bond donors (Lipinski definition) is 2. The molecular weight excluding hydrogens is 398 g/mol. The third kappa shape index (κ3) is 6.23. The predicted molar refractivity (Wildman–Crippen MR) is 117 cm³/mol. The van der Waals surface area contributed by atoms with Crippen molar-refractivity contribution in [2.75, 3.05) is 13.7 Å². The summed E-state index contributed by atoms with van der Waals surface area (Å²) in [5.74, 6) is 0.468. The van der Waals surface area contributed by atoms with Crippen LogP contribution in [0.25, 0.3) is 11.0 Å². The topological polar surface area (TPSA) is 102 Å². The van der Waals surface area contributed by atoms with Crippen LogP contribution in [0.3, 0.4) is 0 Å². The molecule has 0 unspecified atom stereocenters. The highest BCUT2D eigenvalue weighted by Crippen LogP contribution is 2.28. The van der Waals surface area contributed by atoms with Crippen LogP contribution in [0.15, 0.2) is 27.7 Å². The highest BCUT2D eigenvalue weighted by molar-refractivity contribution is 5.83. The third-order valence-corrected chi connectivity index (χ3v) is 4.98. The molecule has 1 aromatic carbocycles. The maximum absolute atomic E-state index is 12.2. The number of methoxy groups -OCH3 is 1. The van der Waals surface area contributed by atoms with E-state index in [2.05, 4.69) is 15.8 Å². The van der Waals surface area contributed by atoms with Gasteiger partial charge in [0, 0.05) is 30.0 Å². The molecule has 31 heavy (non-hydrogen) atoms. The summed E-state index contributed by atoms with van der Waals surface area (Å²) in [6.45, 7) is 5.74. The Morgan fingerprint density at radius 1 is 1.16 bits per heavy atom. The van der Waals surface area contributed by atoms with E-state index in [1.165, 1.54) is 5.56 Å². The third-order valence-electron chi connectivity index (χ3n) is 4.98. The summed E-state index contributed by atoms with van der Waals surface area (Å²) in [5.41, 5.74) is 5.45. The Morgan fingerprint density at radius 2 is 1.90 bits per heavy atom. The number of hydrogen-bond acceptors (Lipinski definition) is 6. The van der Waals surface area contributed by atoms with Gasteiger partial charge in [0.1, 0.15) is 16.9 Å². The lowest BCUT2D eigenvalue weighted by Gasteiger charge is -2.19. The number of carbonyl (C=O) groups excluding carboxylic acids is 2. The van der Waals surface area contributed by atoms with Gasteiger partial charge < -0.3 is 19.2 Å². The highest BCUT2D eigenvalue weighted by atomic mass is 16.6. The van der Waals surface area contributed by atoms with Crippen LogP contribution in [0.2, 0.25) is 0 Å². The van der Waals surface area contributed by atoms with Crippen molar-refractivity contribution in [2.45, 2.75) is 64.9 Å². The maximum atomic E-state index is 12.2. The van der Waals surface area contributed by atoms with Crippen LogP contribution < -0.4 is 21.0 Å². The molecule has 1 aromatic heterocycles. The van der Waals surface area contributed by atoms with Gasteiger partial charge >= 0.3 is 6.09 Å².